The van der Waals surface area contributed by atoms with Crippen molar-refractivity contribution in [1.82, 2.24) is 0 Å². The predicted octanol–water partition coefficient (Wildman–Crippen LogP) is 1.46. The molecular formula is C12H14F2N2O4. The molecule has 1 heterocycles. The number of nitro benzene ring substituents is 1. The third-order valence-corrected chi connectivity index (χ3v) is 3.06. The Labute approximate surface area is 113 Å². The Bertz CT molecular complexity index is 503. The maximum atomic E-state index is 13.9. The second kappa shape index (κ2) is 5.68. The quantitative estimate of drug-likeness (QED) is 0.673. The monoisotopic (exact) mass is 288 g/mol. The summed E-state index contributed by atoms with van der Waals surface area (Å²) in [6.07, 6.45) is -0.859. The Hall–Kier alpha value is -1.80. The lowest BCUT2D eigenvalue weighted by Gasteiger charge is -2.37. The first kappa shape index (κ1) is 14.6. The van der Waals surface area contributed by atoms with Gasteiger partial charge in [-0.05, 0) is 6.92 Å². The van der Waals surface area contributed by atoms with Crippen LogP contribution < -0.4 is 4.90 Å². The second-order valence-corrected chi connectivity index (χ2v) is 4.67. The molecule has 0 aromatic heterocycles. The van der Waals surface area contributed by atoms with Gasteiger partial charge in [0.2, 0.25) is 0 Å². The SMILES string of the molecule is CC1CN(c2c(F)cc([N+](=O)[O-])cc2F)CC(CO)O1. The second-order valence-electron chi connectivity index (χ2n) is 4.67. The molecule has 110 valence electrons. The number of hydrogen-bond donors (Lipinski definition) is 1. The lowest BCUT2D eigenvalue weighted by atomic mass is 10.1. The van der Waals surface area contributed by atoms with Gasteiger partial charge in [0, 0.05) is 13.1 Å². The lowest BCUT2D eigenvalue weighted by molar-refractivity contribution is -0.385. The summed E-state index contributed by atoms with van der Waals surface area (Å²) in [4.78, 5) is 11.1. The fraction of sp³-hybridized carbons (Fsp3) is 0.500. The molecule has 1 aromatic carbocycles. The number of benzene rings is 1. The largest absolute Gasteiger partial charge is 0.394 e. The van der Waals surface area contributed by atoms with Gasteiger partial charge in [-0.3, -0.25) is 10.1 Å². The van der Waals surface area contributed by atoms with Crippen molar-refractivity contribution < 1.29 is 23.5 Å². The molecule has 0 aliphatic carbocycles. The van der Waals surface area contributed by atoms with Crippen molar-refractivity contribution in [3.63, 3.8) is 0 Å². The molecule has 2 atom stereocenters. The number of halogens is 2. The van der Waals surface area contributed by atoms with E-state index in [4.69, 9.17) is 9.84 Å². The van der Waals surface area contributed by atoms with Crippen LogP contribution in [0, 0.1) is 21.7 Å². The van der Waals surface area contributed by atoms with Crippen molar-refractivity contribution in [2.45, 2.75) is 19.1 Å². The van der Waals surface area contributed by atoms with Crippen LogP contribution in [0.4, 0.5) is 20.2 Å². The molecule has 0 saturated carbocycles. The predicted molar refractivity (Wildman–Crippen MR) is 66.6 cm³/mol. The summed E-state index contributed by atoms with van der Waals surface area (Å²) in [7, 11) is 0. The van der Waals surface area contributed by atoms with Crippen LogP contribution in [0.15, 0.2) is 12.1 Å². The number of hydrogen-bond acceptors (Lipinski definition) is 5. The molecule has 2 unspecified atom stereocenters. The molecule has 20 heavy (non-hydrogen) atoms. The average molecular weight is 288 g/mol. The van der Waals surface area contributed by atoms with E-state index in [-0.39, 0.29) is 31.5 Å². The molecule has 1 aliphatic rings. The highest BCUT2D eigenvalue weighted by Gasteiger charge is 2.29. The molecule has 2 rings (SSSR count). The minimum Gasteiger partial charge on any atom is -0.394 e. The smallest absolute Gasteiger partial charge is 0.275 e. The highest BCUT2D eigenvalue weighted by atomic mass is 19.1. The van der Waals surface area contributed by atoms with E-state index < -0.39 is 28.3 Å². The van der Waals surface area contributed by atoms with E-state index in [1.807, 2.05) is 0 Å². The molecule has 0 bridgehead atoms. The van der Waals surface area contributed by atoms with E-state index in [0.29, 0.717) is 12.1 Å². The van der Waals surface area contributed by atoms with Crippen molar-refractivity contribution >= 4 is 11.4 Å². The van der Waals surface area contributed by atoms with Gasteiger partial charge in [0.25, 0.3) is 5.69 Å². The van der Waals surface area contributed by atoms with Crippen LogP contribution >= 0.6 is 0 Å². The van der Waals surface area contributed by atoms with Crippen LogP contribution in [-0.4, -0.2) is 41.9 Å². The molecule has 1 aromatic rings. The maximum absolute atomic E-state index is 13.9. The average Bonchev–Trinajstić information content (AvgIpc) is 2.37. The maximum Gasteiger partial charge on any atom is 0.275 e. The van der Waals surface area contributed by atoms with E-state index in [1.54, 1.807) is 6.92 Å². The van der Waals surface area contributed by atoms with Crippen LogP contribution in [0.3, 0.4) is 0 Å². The number of morpholine rings is 1. The molecule has 1 fully saturated rings. The molecule has 1 saturated heterocycles. The summed E-state index contributed by atoms with van der Waals surface area (Å²) >= 11 is 0. The van der Waals surface area contributed by atoms with Gasteiger partial charge in [-0.25, -0.2) is 8.78 Å². The topological polar surface area (TPSA) is 75.8 Å². The van der Waals surface area contributed by atoms with E-state index >= 15 is 0 Å². The number of nitrogens with zero attached hydrogens (tertiary/aromatic N) is 2. The van der Waals surface area contributed by atoms with E-state index in [2.05, 4.69) is 0 Å². The van der Waals surface area contributed by atoms with E-state index in [9.17, 15) is 18.9 Å². The third kappa shape index (κ3) is 2.86. The molecule has 1 N–H and O–H groups in total. The molecule has 0 spiro atoms. The normalized spacial score (nSPS) is 22.9. The summed E-state index contributed by atoms with van der Waals surface area (Å²) in [5.74, 6) is -2.00. The Kier molecular flexibility index (Phi) is 4.15. The van der Waals surface area contributed by atoms with Gasteiger partial charge in [0.1, 0.15) is 5.69 Å². The Morgan fingerprint density at radius 1 is 1.45 bits per heavy atom. The highest BCUT2D eigenvalue weighted by molar-refractivity contribution is 5.54. The lowest BCUT2D eigenvalue weighted by Crippen LogP contribution is -2.48. The fourth-order valence-corrected chi connectivity index (χ4v) is 2.29. The van der Waals surface area contributed by atoms with Gasteiger partial charge in [-0.1, -0.05) is 0 Å². The van der Waals surface area contributed by atoms with Crippen LogP contribution in [0.25, 0.3) is 0 Å². The number of aliphatic hydroxyl groups is 1. The molecular weight excluding hydrogens is 274 g/mol. The number of ether oxygens (including phenoxy) is 1. The zero-order valence-electron chi connectivity index (χ0n) is 10.8. The van der Waals surface area contributed by atoms with Crippen molar-refractivity contribution in [2.75, 3.05) is 24.6 Å². The van der Waals surface area contributed by atoms with Crippen molar-refractivity contribution in [2.24, 2.45) is 0 Å². The van der Waals surface area contributed by atoms with Gasteiger partial charge >= 0.3 is 0 Å². The molecule has 0 radical (unpaired) electrons. The number of aliphatic hydroxyl groups excluding tert-OH is 1. The molecule has 0 amide bonds. The van der Waals surface area contributed by atoms with Gasteiger partial charge in [0.05, 0.1) is 35.9 Å². The highest BCUT2D eigenvalue weighted by Crippen LogP contribution is 2.30. The number of rotatable bonds is 3. The summed E-state index contributed by atoms with van der Waals surface area (Å²) in [5.41, 5.74) is -0.965. The summed E-state index contributed by atoms with van der Waals surface area (Å²) < 4.78 is 33.2. The molecule has 8 heteroatoms. The van der Waals surface area contributed by atoms with Crippen LogP contribution in [0.1, 0.15) is 6.92 Å². The van der Waals surface area contributed by atoms with Crippen molar-refractivity contribution in [3.05, 3.63) is 33.9 Å². The van der Waals surface area contributed by atoms with Gasteiger partial charge in [-0.2, -0.15) is 0 Å². The van der Waals surface area contributed by atoms with E-state index in [0.717, 1.165) is 0 Å². The number of nitro groups is 1. The zero-order chi connectivity index (χ0) is 14.9. The van der Waals surface area contributed by atoms with Crippen LogP contribution in [0.2, 0.25) is 0 Å². The first-order valence-electron chi connectivity index (χ1n) is 6.07. The third-order valence-electron chi connectivity index (χ3n) is 3.06. The Morgan fingerprint density at radius 3 is 2.55 bits per heavy atom. The van der Waals surface area contributed by atoms with Crippen LogP contribution in [0.5, 0.6) is 0 Å². The first-order valence-corrected chi connectivity index (χ1v) is 6.07. The summed E-state index contributed by atoms with van der Waals surface area (Å²) in [6, 6.07) is 1.37. The molecule has 1 aliphatic heterocycles. The van der Waals surface area contributed by atoms with Gasteiger partial charge in [0.15, 0.2) is 11.6 Å². The minimum atomic E-state index is -0.998. The summed E-state index contributed by atoms with van der Waals surface area (Å²) in [5, 5.41) is 19.6. The van der Waals surface area contributed by atoms with Crippen molar-refractivity contribution in [3.8, 4) is 0 Å². The number of non-ortho nitro benzene ring substituents is 1. The minimum absolute atomic E-state index is 0.118. The Morgan fingerprint density at radius 2 is 2.05 bits per heavy atom. The zero-order valence-corrected chi connectivity index (χ0v) is 10.8. The standard InChI is InChI=1S/C12H14F2N2O4/c1-7-4-15(5-9(6-17)20-7)12-10(13)2-8(16(18)19)3-11(12)14/h2-3,7,9,17H,4-6H2,1H3. The first-order chi connectivity index (χ1) is 9.42. The van der Waals surface area contributed by atoms with Crippen molar-refractivity contribution in [1.29, 1.82) is 0 Å². The number of anilines is 1. The Balaban J connectivity index is 2.34. The van der Waals surface area contributed by atoms with Crippen LogP contribution in [-0.2, 0) is 4.74 Å². The van der Waals surface area contributed by atoms with E-state index in [1.165, 1.54) is 4.90 Å². The van der Waals surface area contributed by atoms with Gasteiger partial charge in [-0.15, -0.1) is 0 Å². The fourth-order valence-electron chi connectivity index (χ4n) is 2.29. The summed E-state index contributed by atoms with van der Waals surface area (Å²) in [6.45, 7) is 1.81. The van der Waals surface area contributed by atoms with Gasteiger partial charge < -0.3 is 14.7 Å². The molecule has 6 nitrogen and oxygen atoms in total.